The molecule has 2 aromatic rings. The Bertz CT molecular complexity index is 985. The number of thioether (sulfide) groups is 1. The minimum absolute atomic E-state index is 0.0237. The number of anilines is 2. The molecule has 3 N–H and O–H groups in total. The van der Waals surface area contributed by atoms with Gasteiger partial charge in [0.05, 0.1) is 17.4 Å². The number of rotatable bonds is 4. The van der Waals surface area contributed by atoms with E-state index in [9.17, 15) is 9.59 Å². The van der Waals surface area contributed by atoms with E-state index in [1.807, 2.05) is 54.6 Å². The summed E-state index contributed by atoms with van der Waals surface area (Å²) in [5, 5.41) is 3.45. The second-order valence-electron chi connectivity index (χ2n) is 8.66. The molecule has 0 radical (unpaired) electrons. The molecule has 0 spiro atoms. The Labute approximate surface area is 186 Å². The first-order chi connectivity index (χ1) is 14.8. The number of aliphatic imine (C=N–C) groups is 1. The van der Waals surface area contributed by atoms with Gasteiger partial charge in [-0.3, -0.25) is 19.9 Å². The molecular formula is C23H27N5O2S. The number of benzene rings is 2. The zero-order valence-electron chi connectivity index (χ0n) is 17.9. The minimum atomic E-state index is -0.317. The van der Waals surface area contributed by atoms with Crippen molar-refractivity contribution in [3.05, 3.63) is 60.2 Å². The molecule has 162 valence electrons. The molecule has 2 unspecified atom stereocenters. The van der Waals surface area contributed by atoms with E-state index in [-0.39, 0.29) is 35.1 Å². The minimum Gasteiger partial charge on any atom is -0.325 e. The molecule has 2 aliphatic rings. The van der Waals surface area contributed by atoms with Crippen molar-refractivity contribution in [2.45, 2.75) is 32.4 Å². The van der Waals surface area contributed by atoms with Crippen molar-refractivity contribution in [3.8, 4) is 0 Å². The van der Waals surface area contributed by atoms with Gasteiger partial charge in [-0.25, -0.2) is 10.4 Å². The van der Waals surface area contributed by atoms with E-state index in [2.05, 4.69) is 36.9 Å². The maximum absolute atomic E-state index is 13.1. The molecule has 2 aliphatic heterocycles. The van der Waals surface area contributed by atoms with Crippen LogP contribution < -0.4 is 21.1 Å². The van der Waals surface area contributed by atoms with E-state index < -0.39 is 0 Å². The molecule has 0 aromatic heterocycles. The second-order valence-corrected chi connectivity index (χ2v) is 9.60. The lowest BCUT2D eigenvalue weighted by Gasteiger charge is -2.32. The van der Waals surface area contributed by atoms with Gasteiger partial charge in [0.25, 0.3) is 0 Å². The average Bonchev–Trinajstić information content (AvgIpc) is 3.22. The van der Waals surface area contributed by atoms with Crippen molar-refractivity contribution < 1.29 is 9.59 Å². The predicted molar refractivity (Wildman–Crippen MR) is 126 cm³/mol. The highest BCUT2D eigenvalue weighted by Crippen LogP contribution is 2.29. The van der Waals surface area contributed by atoms with Crippen LogP contribution in [-0.2, 0) is 15.0 Å². The smallest absolute Gasteiger partial charge is 0.241 e. The number of fused-ring (bicyclic) bond motifs is 1. The molecule has 7 nitrogen and oxygen atoms in total. The van der Waals surface area contributed by atoms with Crippen molar-refractivity contribution in [1.29, 1.82) is 0 Å². The van der Waals surface area contributed by atoms with Gasteiger partial charge in [-0.2, -0.15) is 0 Å². The molecule has 4 rings (SSSR count). The Kier molecular flexibility index (Phi) is 6.13. The van der Waals surface area contributed by atoms with Gasteiger partial charge in [0, 0.05) is 12.2 Å². The summed E-state index contributed by atoms with van der Waals surface area (Å²) in [6.07, 6.45) is -0.317. The molecule has 2 atom stereocenters. The van der Waals surface area contributed by atoms with Gasteiger partial charge in [-0.15, -0.1) is 0 Å². The fourth-order valence-corrected chi connectivity index (χ4v) is 4.41. The fraction of sp³-hybridized carbons (Fsp3) is 0.348. The summed E-state index contributed by atoms with van der Waals surface area (Å²) in [5.74, 6) is -0.276. The van der Waals surface area contributed by atoms with E-state index >= 15 is 0 Å². The van der Waals surface area contributed by atoms with Crippen LogP contribution in [0.25, 0.3) is 0 Å². The molecule has 8 heteroatoms. The van der Waals surface area contributed by atoms with Crippen molar-refractivity contribution in [2.24, 2.45) is 10.9 Å². The molecule has 2 heterocycles. The van der Waals surface area contributed by atoms with Crippen LogP contribution in [0.5, 0.6) is 0 Å². The van der Waals surface area contributed by atoms with Gasteiger partial charge in [0.15, 0.2) is 5.17 Å². The van der Waals surface area contributed by atoms with E-state index in [1.54, 1.807) is 4.90 Å². The summed E-state index contributed by atoms with van der Waals surface area (Å²) >= 11 is 1.26. The zero-order chi connectivity index (χ0) is 22.0. The standard InChI is InChI=1S/C23H27N5O2S/c1-23(2,3)15-9-11-16(12-10-15)25-19(29)14-31-22-26-20-18(13-24-27-20)21(30)28(22)17-7-5-4-6-8-17/h4-12,18,20,24,27H,13-14H2,1-3H3,(H,25,29). The largest absolute Gasteiger partial charge is 0.325 e. The third-order valence-corrected chi connectivity index (χ3v) is 6.27. The number of nitrogens with one attached hydrogen (secondary N) is 3. The number of carbonyl (C=O) groups is 2. The third kappa shape index (κ3) is 4.81. The van der Waals surface area contributed by atoms with Crippen LogP contribution in [-0.4, -0.2) is 35.4 Å². The van der Waals surface area contributed by atoms with Crippen LogP contribution in [0, 0.1) is 5.92 Å². The van der Waals surface area contributed by atoms with Crippen molar-refractivity contribution in [1.82, 2.24) is 10.9 Å². The number of amides is 2. The Hall–Kier alpha value is -2.68. The lowest BCUT2D eigenvalue weighted by Crippen LogP contribution is -2.49. The number of amidine groups is 1. The summed E-state index contributed by atoms with van der Waals surface area (Å²) in [4.78, 5) is 32.0. The highest BCUT2D eigenvalue weighted by atomic mass is 32.2. The molecule has 1 saturated heterocycles. The molecule has 2 amide bonds. The van der Waals surface area contributed by atoms with Gasteiger partial charge >= 0.3 is 0 Å². The summed E-state index contributed by atoms with van der Waals surface area (Å²) in [5.41, 5.74) is 8.82. The molecular weight excluding hydrogens is 410 g/mol. The maximum Gasteiger partial charge on any atom is 0.241 e. The Morgan fingerprint density at radius 2 is 1.87 bits per heavy atom. The number of hydrazine groups is 1. The number of hydrogen-bond acceptors (Lipinski definition) is 6. The third-order valence-electron chi connectivity index (χ3n) is 5.31. The molecule has 0 aliphatic carbocycles. The summed E-state index contributed by atoms with van der Waals surface area (Å²) < 4.78 is 0. The predicted octanol–water partition coefficient (Wildman–Crippen LogP) is 3.11. The molecule has 1 fully saturated rings. The first-order valence-corrected chi connectivity index (χ1v) is 11.3. The average molecular weight is 438 g/mol. The fourth-order valence-electron chi connectivity index (χ4n) is 3.56. The van der Waals surface area contributed by atoms with E-state index in [0.29, 0.717) is 11.7 Å². The number of nitrogens with zero attached hydrogens (tertiary/aromatic N) is 2. The van der Waals surface area contributed by atoms with Crippen LogP contribution in [0.3, 0.4) is 0 Å². The van der Waals surface area contributed by atoms with Gasteiger partial charge in [0.2, 0.25) is 11.8 Å². The van der Waals surface area contributed by atoms with Gasteiger partial charge < -0.3 is 5.32 Å². The van der Waals surface area contributed by atoms with Crippen molar-refractivity contribution in [3.63, 3.8) is 0 Å². The van der Waals surface area contributed by atoms with Gasteiger partial charge in [-0.1, -0.05) is 62.9 Å². The quantitative estimate of drug-likeness (QED) is 0.684. The lowest BCUT2D eigenvalue weighted by atomic mass is 9.87. The summed E-state index contributed by atoms with van der Waals surface area (Å²) in [7, 11) is 0. The van der Waals surface area contributed by atoms with Crippen LogP contribution in [0.1, 0.15) is 26.3 Å². The van der Waals surface area contributed by atoms with Gasteiger partial charge in [-0.05, 0) is 35.2 Å². The van der Waals surface area contributed by atoms with Crippen molar-refractivity contribution >= 4 is 40.1 Å². The number of carbonyl (C=O) groups excluding carboxylic acids is 2. The maximum atomic E-state index is 13.1. The lowest BCUT2D eigenvalue weighted by molar-refractivity contribution is -0.121. The Morgan fingerprint density at radius 1 is 1.16 bits per heavy atom. The van der Waals surface area contributed by atoms with Gasteiger partial charge in [0.1, 0.15) is 6.17 Å². The van der Waals surface area contributed by atoms with Crippen LogP contribution >= 0.6 is 11.8 Å². The van der Waals surface area contributed by atoms with Crippen LogP contribution in [0.4, 0.5) is 11.4 Å². The molecule has 2 aromatic carbocycles. The first-order valence-electron chi connectivity index (χ1n) is 10.3. The summed E-state index contributed by atoms with van der Waals surface area (Å²) in [6.45, 7) is 6.99. The van der Waals surface area contributed by atoms with E-state index in [0.717, 1.165) is 11.4 Å². The molecule has 0 saturated carbocycles. The molecule has 0 bridgehead atoms. The topological polar surface area (TPSA) is 85.8 Å². The first kappa shape index (κ1) is 21.5. The van der Waals surface area contributed by atoms with E-state index in [1.165, 1.54) is 17.3 Å². The Balaban J connectivity index is 1.45. The van der Waals surface area contributed by atoms with Crippen molar-refractivity contribution in [2.75, 3.05) is 22.5 Å². The zero-order valence-corrected chi connectivity index (χ0v) is 18.7. The SMILES string of the molecule is CC(C)(C)c1ccc(NC(=O)CSC2=NC3NNCC3C(=O)N2c2ccccc2)cc1. The van der Waals surface area contributed by atoms with Crippen LogP contribution in [0.2, 0.25) is 0 Å². The number of para-hydroxylation sites is 1. The highest BCUT2D eigenvalue weighted by molar-refractivity contribution is 8.14. The molecule has 31 heavy (non-hydrogen) atoms. The monoisotopic (exact) mass is 437 g/mol. The van der Waals surface area contributed by atoms with Crippen LogP contribution in [0.15, 0.2) is 59.6 Å². The highest BCUT2D eigenvalue weighted by Gasteiger charge is 2.42. The second kappa shape index (κ2) is 8.82. The summed E-state index contributed by atoms with van der Waals surface area (Å²) in [6, 6.07) is 17.3. The van der Waals surface area contributed by atoms with E-state index in [4.69, 9.17) is 4.99 Å². The number of hydrogen-bond donors (Lipinski definition) is 3. The normalized spacial score (nSPS) is 20.9. The Morgan fingerprint density at radius 3 is 2.55 bits per heavy atom.